The summed E-state index contributed by atoms with van der Waals surface area (Å²) >= 11 is 0. The largest absolute Gasteiger partial charge is 0.381 e. The van der Waals surface area contributed by atoms with E-state index >= 15 is 0 Å². The average molecular weight is 428 g/mol. The molecule has 2 unspecified atom stereocenters. The molecule has 0 amide bonds. The Labute approximate surface area is 186 Å². The monoisotopic (exact) mass is 427 g/mol. The van der Waals surface area contributed by atoms with Gasteiger partial charge in [0.15, 0.2) is 0 Å². The Morgan fingerprint density at radius 3 is 3.06 bits per heavy atom. The van der Waals surface area contributed by atoms with Crippen molar-refractivity contribution in [3.63, 3.8) is 0 Å². The van der Waals surface area contributed by atoms with E-state index < -0.39 is 0 Å². The van der Waals surface area contributed by atoms with Gasteiger partial charge in [-0.15, -0.1) is 0 Å². The number of rotatable bonds is 4. The zero-order valence-electron chi connectivity index (χ0n) is 18.0. The fourth-order valence-corrected chi connectivity index (χ4v) is 4.57. The molecule has 1 aliphatic carbocycles. The van der Waals surface area contributed by atoms with Crippen molar-refractivity contribution >= 4 is 22.6 Å². The van der Waals surface area contributed by atoms with Crippen molar-refractivity contribution < 1.29 is 4.74 Å². The van der Waals surface area contributed by atoms with Crippen LogP contribution in [0.1, 0.15) is 24.0 Å². The first-order valence-electron chi connectivity index (χ1n) is 11.0. The number of aryl methyl sites for hydroxylation is 1. The first kappa shape index (κ1) is 20.4. The summed E-state index contributed by atoms with van der Waals surface area (Å²) in [7, 11) is 0. The van der Waals surface area contributed by atoms with Crippen molar-refractivity contribution in [3.8, 4) is 6.07 Å². The summed E-state index contributed by atoms with van der Waals surface area (Å²) in [4.78, 5) is 22.9. The third-order valence-corrected chi connectivity index (χ3v) is 6.36. The third-order valence-electron chi connectivity index (χ3n) is 6.36. The van der Waals surface area contributed by atoms with Gasteiger partial charge in [0.05, 0.1) is 24.7 Å². The molecule has 1 saturated heterocycles. The third kappa shape index (κ3) is 3.67. The number of aromatic nitrogens is 1. The highest BCUT2D eigenvalue weighted by atomic mass is 16.5. The fraction of sp³-hybridized carbons (Fsp3) is 0.360. The molecule has 3 aliphatic rings. The highest BCUT2D eigenvalue weighted by Crippen LogP contribution is 2.23. The Hall–Kier alpha value is -3.50. The second-order valence-electron chi connectivity index (χ2n) is 8.44. The Bertz CT molecular complexity index is 1290. The van der Waals surface area contributed by atoms with Crippen LogP contribution in [0.2, 0.25) is 0 Å². The smallest absolute Gasteiger partial charge is 0.269 e. The lowest BCUT2D eigenvalue weighted by Gasteiger charge is -2.28. The van der Waals surface area contributed by atoms with E-state index in [1.807, 2.05) is 37.3 Å². The van der Waals surface area contributed by atoms with E-state index in [1.165, 1.54) is 0 Å². The van der Waals surface area contributed by atoms with E-state index in [9.17, 15) is 10.1 Å². The SMILES string of the molecule is Cc1c(C#N)c(=O)n(CC2=NC3CC=CC=C3C(=NCC3CCOC3)N2)c2ccccc12. The predicted molar refractivity (Wildman–Crippen MR) is 125 cm³/mol. The second kappa shape index (κ2) is 8.56. The zero-order chi connectivity index (χ0) is 22.1. The van der Waals surface area contributed by atoms with Crippen molar-refractivity contribution in [2.75, 3.05) is 19.8 Å². The Balaban J connectivity index is 1.53. The maximum Gasteiger partial charge on any atom is 0.269 e. The number of aliphatic imine (C=N–C) groups is 2. The predicted octanol–water partition coefficient (Wildman–Crippen LogP) is 2.87. The summed E-state index contributed by atoms with van der Waals surface area (Å²) in [6, 6.07) is 9.76. The van der Waals surface area contributed by atoms with Crippen molar-refractivity contribution in [2.24, 2.45) is 15.9 Å². The van der Waals surface area contributed by atoms with Crippen LogP contribution in [0.25, 0.3) is 10.9 Å². The zero-order valence-corrected chi connectivity index (χ0v) is 18.0. The van der Waals surface area contributed by atoms with Crippen molar-refractivity contribution in [2.45, 2.75) is 32.4 Å². The highest BCUT2D eigenvalue weighted by Gasteiger charge is 2.27. The highest BCUT2D eigenvalue weighted by molar-refractivity contribution is 6.12. The summed E-state index contributed by atoms with van der Waals surface area (Å²) in [5, 5.41) is 13.9. The topological polar surface area (TPSA) is 91.8 Å². The standard InChI is InChI=1S/C25H25N5O2/c1-16-18-6-3-5-9-22(18)30(25(31)20(16)12-26)14-23-28-21-8-4-2-7-19(21)24(29-23)27-13-17-10-11-32-15-17/h2-7,9,17,21H,8,10-11,13-15H2,1H3,(H,27,28,29). The van der Waals surface area contributed by atoms with Crippen LogP contribution in [0, 0.1) is 24.2 Å². The molecule has 32 heavy (non-hydrogen) atoms. The van der Waals surface area contributed by atoms with Crippen molar-refractivity contribution in [1.29, 1.82) is 5.26 Å². The van der Waals surface area contributed by atoms with Crippen LogP contribution in [0.4, 0.5) is 0 Å². The molecule has 1 fully saturated rings. The molecule has 0 saturated carbocycles. The van der Waals surface area contributed by atoms with E-state index in [2.05, 4.69) is 23.5 Å². The summed E-state index contributed by atoms with van der Waals surface area (Å²) < 4.78 is 7.13. The maximum absolute atomic E-state index is 13.2. The van der Waals surface area contributed by atoms with E-state index in [1.54, 1.807) is 4.57 Å². The fourth-order valence-electron chi connectivity index (χ4n) is 4.57. The van der Waals surface area contributed by atoms with Gasteiger partial charge in [0.25, 0.3) is 5.56 Å². The van der Waals surface area contributed by atoms with E-state index in [4.69, 9.17) is 14.7 Å². The lowest BCUT2D eigenvalue weighted by atomic mass is 9.96. The Morgan fingerprint density at radius 1 is 1.38 bits per heavy atom. The van der Waals surface area contributed by atoms with Gasteiger partial charge in [-0.05, 0) is 31.4 Å². The number of benzene rings is 1. The lowest BCUT2D eigenvalue weighted by molar-refractivity contribution is 0.187. The number of hydrogen-bond donors (Lipinski definition) is 1. The van der Waals surface area contributed by atoms with Gasteiger partial charge in [-0.1, -0.05) is 36.4 Å². The van der Waals surface area contributed by atoms with Gasteiger partial charge in [0.1, 0.15) is 23.3 Å². The number of pyridine rings is 1. The number of amidine groups is 2. The maximum atomic E-state index is 13.2. The quantitative estimate of drug-likeness (QED) is 0.812. The molecule has 7 heteroatoms. The van der Waals surface area contributed by atoms with Crippen LogP contribution >= 0.6 is 0 Å². The minimum absolute atomic E-state index is 0.0160. The number of fused-ring (bicyclic) bond motifs is 2. The molecular weight excluding hydrogens is 402 g/mol. The number of nitriles is 1. The molecule has 0 spiro atoms. The van der Waals surface area contributed by atoms with Gasteiger partial charge in [-0.25, -0.2) is 0 Å². The van der Waals surface area contributed by atoms with Gasteiger partial charge >= 0.3 is 0 Å². The molecule has 0 radical (unpaired) electrons. The van der Waals surface area contributed by atoms with Gasteiger partial charge in [0, 0.05) is 30.0 Å². The molecule has 7 nitrogen and oxygen atoms in total. The molecule has 2 aliphatic heterocycles. The van der Waals surface area contributed by atoms with E-state index in [0.717, 1.165) is 48.4 Å². The van der Waals surface area contributed by atoms with Crippen LogP contribution in [0.15, 0.2) is 62.8 Å². The van der Waals surface area contributed by atoms with Gasteiger partial charge in [-0.3, -0.25) is 19.3 Å². The number of hydrogen-bond acceptors (Lipinski definition) is 5. The summed E-state index contributed by atoms with van der Waals surface area (Å²) in [5.41, 5.74) is 2.47. The molecule has 1 aromatic carbocycles. The summed E-state index contributed by atoms with van der Waals surface area (Å²) in [5.74, 6) is 1.94. The minimum Gasteiger partial charge on any atom is -0.381 e. The number of para-hydroxylation sites is 1. The second-order valence-corrected chi connectivity index (χ2v) is 8.44. The number of ether oxygens (including phenoxy) is 1. The number of allylic oxidation sites excluding steroid dienone is 2. The van der Waals surface area contributed by atoms with Crippen molar-refractivity contribution in [1.82, 2.24) is 9.88 Å². The molecule has 2 aromatic rings. The average Bonchev–Trinajstić information content (AvgIpc) is 3.34. The number of nitrogens with zero attached hydrogens (tertiary/aromatic N) is 4. The Kier molecular flexibility index (Phi) is 5.46. The molecular formula is C25H25N5O2. The van der Waals surface area contributed by atoms with Crippen LogP contribution in [-0.4, -0.2) is 42.0 Å². The van der Waals surface area contributed by atoms with Gasteiger partial charge in [0.2, 0.25) is 0 Å². The van der Waals surface area contributed by atoms with E-state index in [0.29, 0.717) is 23.9 Å². The summed E-state index contributed by atoms with van der Waals surface area (Å²) in [6.07, 6.45) is 8.04. The Morgan fingerprint density at radius 2 is 2.25 bits per heavy atom. The lowest BCUT2D eigenvalue weighted by Crippen LogP contribution is -2.44. The van der Waals surface area contributed by atoms with Crippen LogP contribution in [0.3, 0.4) is 0 Å². The molecule has 1 N–H and O–H groups in total. The molecule has 0 bridgehead atoms. The first-order chi connectivity index (χ1) is 15.7. The normalized spacial score (nSPS) is 23.4. The molecule has 3 heterocycles. The molecule has 1 aromatic heterocycles. The first-order valence-corrected chi connectivity index (χ1v) is 11.0. The molecule has 2 atom stereocenters. The van der Waals surface area contributed by atoms with Crippen LogP contribution in [0.5, 0.6) is 0 Å². The van der Waals surface area contributed by atoms with Crippen LogP contribution in [-0.2, 0) is 11.3 Å². The minimum atomic E-state index is -0.292. The molecule has 162 valence electrons. The van der Waals surface area contributed by atoms with Crippen molar-refractivity contribution in [3.05, 3.63) is 69.5 Å². The summed E-state index contributed by atoms with van der Waals surface area (Å²) in [6.45, 7) is 4.34. The van der Waals surface area contributed by atoms with E-state index in [-0.39, 0.29) is 23.7 Å². The van der Waals surface area contributed by atoms with Gasteiger partial charge < -0.3 is 10.1 Å². The number of nitrogens with one attached hydrogen (secondary N) is 1. The van der Waals surface area contributed by atoms with Gasteiger partial charge in [-0.2, -0.15) is 5.26 Å². The molecule has 5 rings (SSSR count). The van der Waals surface area contributed by atoms with Crippen LogP contribution < -0.4 is 10.9 Å².